The van der Waals surface area contributed by atoms with Crippen LogP contribution in [0.15, 0.2) is 48.5 Å². The summed E-state index contributed by atoms with van der Waals surface area (Å²) in [5.41, 5.74) is -1.15. The molecule has 0 spiro atoms. The Balaban J connectivity index is 1.70. The van der Waals surface area contributed by atoms with Gasteiger partial charge < -0.3 is 19.5 Å². The van der Waals surface area contributed by atoms with Gasteiger partial charge in [0.25, 0.3) is 0 Å². The molecule has 0 aliphatic carbocycles. The molecule has 3 rings (SSSR count). The minimum Gasteiger partial charge on any atom is -0.496 e. The number of ether oxygens (including phenoxy) is 3. The number of rotatable bonds is 4. The predicted molar refractivity (Wildman–Crippen MR) is 95.8 cm³/mol. The fraction of sp³-hybridized carbons (Fsp3) is 0.350. The molecule has 8 heteroatoms. The van der Waals surface area contributed by atoms with E-state index in [1.165, 1.54) is 12.1 Å². The molecular formula is C20H20F3NO4. The minimum absolute atomic E-state index is 0.0181. The van der Waals surface area contributed by atoms with Crippen LogP contribution in [0.2, 0.25) is 0 Å². The Morgan fingerprint density at radius 2 is 1.79 bits per heavy atom. The van der Waals surface area contributed by atoms with Gasteiger partial charge in [0, 0.05) is 11.3 Å². The summed E-state index contributed by atoms with van der Waals surface area (Å²) in [4.78, 5) is 12.7. The zero-order valence-corrected chi connectivity index (χ0v) is 15.4. The molecule has 1 aliphatic heterocycles. The molecule has 1 amide bonds. The minimum atomic E-state index is -4.60. The van der Waals surface area contributed by atoms with Crippen molar-refractivity contribution in [1.29, 1.82) is 0 Å². The molecule has 150 valence electrons. The average molecular weight is 395 g/mol. The van der Waals surface area contributed by atoms with E-state index in [1.54, 1.807) is 6.92 Å². The van der Waals surface area contributed by atoms with E-state index in [0.717, 1.165) is 18.7 Å². The summed E-state index contributed by atoms with van der Waals surface area (Å²) in [7, 11) is 1.16. The first kappa shape index (κ1) is 20.2. The highest BCUT2D eigenvalue weighted by molar-refractivity contribution is 5.95. The smallest absolute Gasteiger partial charge is 0.420 e. The zero-order chi connectivity index (χ0) is 20.4. The number of amides is 1. The first-order chi connectivity index (χ1) is 13.2. The monoisotopic (exact) mass is 395 g/mol. The molecule has 0 unspecified atom stereocenters. The summed E-state index contributed by atoms with van der Waals surface area (Å²) >= 11 is 0. The van der Waals surface area contributed by atoms with Crippen molar-refractivity contribution in [3.8, 4) is 5.75 Å². The van der Waals surface area contributed by atoms with Crippen molar-refractivity contribution in [1.82, 2.24) is 0 Å². The summed E-state index contributed by atoms with van der Waals surface area (Å²) in [6.07, 6.45) is -5.18. The van der Waals surface area contributed by atoms with Crippen LogP contribution in [0, 0.1) is 5.41 Å². The van der Waals surface area contributed by atoms with Crippen LogP contribution in [0.25, 0.3) is 0 Å². The van der Waals surface area contributed by atoms with Gasteiger partial charge in [-0.3, -0.25) is 4.79 Å². The second-order valence-corrected chi connectivity index (χ2v) is 6.79. The molecule has 1 heterocycles. The van der Waals surface area contributed by atoms with E-state index in [4.69, 9.17) is 14.2 Å². The van der Waals surface area contributed by atoms with E-state index in [2.05, 4.69) is 5.32 Å². The van der Waals surface area contributed by atoms with Crippen LogP contribution >= 0.6 is 0 Å². The van der Waals surface area contributed by atoms with Gasteiger partial charge >= 0.3 is 6.18 Å². The molecule has 0 atom stereocenters. The van der Waals surface area contributed by atoms with Crippen LogP contribution in [0.3, 0.4) is 0 Å². The van der Waals surface area contributed by atoms with Gasteiger partial charge in [0.1, 0.15) is 5.75 Å². The zero-order valence-electron chi connectivity index (χ0n) is 15.4. The number of methoxy groups -OCH3 is 1. The lowest BCUT2D eigenvalue weighted by molar-refractivity contribution is -0.226. The third-order valence-corrected chi connectivity index (χ3v) is 4.49. The molecule has 1 N–H and O–H groups in total. The maximum Gasteiger partial charge on any atom is 0.420 e. The van der Waals surface area contributed by atoms with E-state index < -0.39 is 29.4 Å². The third-order valence-electron chi connectivity index (χ3n) is 4.49. The van der Waals surface area contributed by atoms with Crippen molar-refractivity contribution in [3.63, 3.8) is 0 Å². The molecule has 5 nitrogen and oxygen atoms in total. The maximum absolute atomic E-state index is 13.2. The predicted octanol–water partition coefficient (Wildman–Crippen LogP) is 4.40. The molecule has 1 fully saturated rings. The topological polar surface area (TPSA) is 56.8 Å². The maximum atomic E-state index is 13.2. The number of carbonyl (C=O) groups excluding carboxylic acids is 1. The molecule has 1 aliphatic rings. The van der Waals surface area contributed by atoms with E-state index in [9.17, 15) is 18.0 Å². The Labute approximate surface area is 160 Å². The molecule has 2 aromatic carbocycles. The Morgan fingerprint density at radius 3 is 2.36 bits per heavy atom. The Kier molecular flexibility index (Phi) is 5.62. The fourth-order valence-electron chi connectivity index (χ4n) is 2.83. The summed E-state index contributed by atoms with van der Waals surface area (Å²) in [6.45, 7) is 1.78. The number of anilines is 1. The Hall–Kier alpha value is -2.58. The molecule has 0 saturated carbocycles. The molecular weight excluding hydrogens is 375 g/mol. The second kappa shape index (κ2) is 7.81. The lowest BCUT2D eigenvalue weighted by Crippen LogP contribution is -2.45. The Bertz CT molecular complexity index is 831. The number of nitrogens with one attached hydrogen (secondary N) is 1. The lowest BCUT2D eigenvalue weighted by atomic mass is 9.90. The van der Waals surface area contributed by atoms with Gasteiger partial charge in [0.2, 0.25) is 5.91 Å². The molecule has 2 aromatic rings. The standard InChI is InChI=1S/C20H20F3NO4/c1-19(11-27-17(28-12-19)13-6-4-3-5-7-13)18(25)24-14-8-9-16(26-2)15(10-14)20(21,22)23/h3-10,17H,11-12H2,1-2H3,(H,24,25). The van der Waals surface area contributed by atoms with Crippen LogP contribution in [0.4, 0.5) is 18.9 Å². The highest BCUT2D eigenvalue weighted by Gasteiger charge is 2.40. The number of alkyl halides is 3. The highest BCUT2D eigenvalue weighted by atomic mass is 19.4. The molecule has 0 radical (unpaired) electrons. The SMILES string of the molecule is COc1ccc(NC(=O)C2(C)COC(c3ccccc3)OC2)cc1C(F)(F)F. The largest absolute Gasteiger partial charge is 0.496 e. The third kappa shape index (κ3) is 4.28. The van der Waals surface area contributed by atoms with Gasteiger partial charge in [-0.1, -0.05) is 30.3 Å². The van der Waals surface area contributed by atoms with Crippen molar-refractivity contribution >= 4 is 11.6 Å². The quantitative estimate of drug-likeness (QED) is 0.834. The van der Waals surface area contributed by atoms with Crippen LogP contribution in [0.5, 0.6) is 5.75 Å². The second-order valence-electron chi connectivity index (χ2n) is 6.79. The number of hydrogen-bond acceptors (Lipinski definition) is 4. The van der Waals surface area contributed by atoms with Gasteiger partial charge in [-0.15, -0.1) is 0 Å². The number of halogens is 3. The molecule has 1 saturated heterocycles. The van der Waals surface area contributed by atoms with Gasteiger partial charge in [0.05, 0.1) is 31.3 Å². The molecule has 28 heavy (non-hydrogen) atoms. The van der Waals surface area contributed by atoms with Crippen molar-refractivity contribution in [2.75, 3.05) is 25.6 Å². The van der Waals surface area contributed by atoms with Crippen LogP contribution in [-0.2, 0) is 20.4 Å². The van der Waals surface area contributed by atoms with Gasteiger partial charge in [-0.05, 0) is 25.1 Å². The van der Waals surface area contributed by atoms with Gasteiger partial charge in [-0.25, -0.2) is 0 Å². The average Bonchev–Trinajstić information content (AvgIpc) is 2.68. The van der Waals surface area contributed by atoms with Crippen molar-refractivity contribution in [2.24, 2.45) is 5.41 Å². The van der Waals surface area contributed by atoms with Gasteiger partial charge in [-0.2, -0.15) is 13.2 Å². The van der Waals surface area contributed by atoms with E-state index in [0.29, 0.717) is 0 Å². The first-order valence-corrected chi connectivity index (χ1v) is 8.58. The molecule has 0 bridgehead atoms. The van der Waals surface area contributed by atoms with Gasteiger partial charge in [0.15, 0.2) is 6.29 Å². The number of hydrogen-bond donors (Lipinski definition) is 1. The summed E-state index contributed by atoms with van der Waals surface area (Å²) in [5.74, 6) is -0.802. The Morgan fingerprint density at radius 1 is 1.14 bits per heavy atom. The number of benzene rings is 2. The van der Waals surface area contributed by atoms with Crippen LogP contribution in [0.1, 0.15) is 24.3 Å². The summed E-state index contributed by atoms with van der Waals surface area (Å²) in [6, 6.07) is 12.6. The van der Waals surface area contributed by atoms with Crippen molar-refractivity contribution < 1.29 is 32.2 Å². The highest BCUT2D eigenvalue weighted by Crippen LogP contribution is 2.38. The lowest BCUT2D eigenvalue weighted by Gasteiger charge is -2.36. The van der Waals surface area contributed by atoms with Crippen LogP contribution in [-0.4, -0.2) is 26.2 Å². The van der Waals surface area contributed by atoms with E-state index in [-0.39, 0.29) is 24.7 Å². The van der Waals surface area contributed by atoms with Crippen molar-refractivity contribution in [2.45, 2.75) is 19.4 Å². The van der Waals surface area contributed by atoms with Crippen molar-refractivity contribution in [3.05, 3.63) is 59.7 Å². The summed E-state index contributed by atoms with van der Waals surface area (Å²) in [5, 5.41) is 2.52. The molecule has 0 aromatic heterocycles. The van der Waals surface area contributed by atoms with Crippen LogP contribution < -0.4 is 10.1 Å². The summed E-state index contributed by atoms with van der Waals surface area (Å²) < 4.78 is 55.6. The fourth-order valence-corrected chi connectivity index (χ4v) is 2.83. The van der Waals surface area contributed by atoms with E-state index in [1.807, 2.05) is 30.3 Å². The normalized spacial score (nSPS) is 22.5. The van der Waals surface area contributed by atoms with E-state index >= 15 is 0 Å². The first-order valence-electron chi connectivity index (χ1n) is 8.58. The number of carbonyl (C=O) groups is 1.